The van der Waals surface area contributed by atoms with Gasteiger partial charge in [-0.3, -0.25) is 4.79 Å². The minimum Gasteiger partial charge on any atom is -0.497 e. The lowest BCUT2D eigenvalue weighted by molar-refractivity contribution is -0.119. The number of rotatable bonds is 6. The van der Waals surface area contributed by atoms with E-state index in [1.165, 1.54) is 11.8 Å². The van der Waals surface area contributed by atoms with Crippen LogP contribution in [0.5, 0.6) is 11.5 Å². The van der Waals surface area contributed by atoms with E-state index >= 15 is 0 Å². The summed E-state index contributed by atoms with van der Waals surface area (Å²) in [5.41, 5.74) is 1.56. The third-order valence-electron chi connectivity index (χ3n) is 4.52. The Morgan fingerprint density at radius 1 is 1.29 bits per heavy atom. The fourth-order valence-electron chi connectivity index (χ4n) is 3.22. The normalized spacial score (nSPS) is 17.4. The van der Waals surface area contributed by atoms with E-state index in [9.17, 15) is 4.79 Å². The number of hydrogen-bond acceptors (Lipinski definition) is 4. The average molecular weight is 440 g/mol. The van der Waals surface area contributed by atoms with Gasteiger partial charge >= 0.3 is 0 Å². The molecule has 0 bridgehead atoms. The van der Waals surface area contributed by atoms with Crippen molar-refractivity contribution in [2.45, 2.75) is 37.7 Å². The molecule has 1 heterocycles. The van der Waals surface area contributed by atoms with Crippen molar-refractivity contribution in [3.8, 4) is 11.5 Å². The Bertz CT molecular complexity index is 873. The van der Waals surface area contributed by atoms with Gasteiger partial charge < -0.3 is 14.8 Å². The number of benzene rings is 2. The molecule has 0 saturated heterocycles. The van der Waals surface area contributed by atoms with Crippen molar-refractivity contribution in [2.24, 2.45) is 0 Å². The molecule has 0 radical (unpaired) electrons. The van der Waals surface area contributed by atoms with Crippen LogP contribution < -0.4 is 14.8 Å². The predicted octanol–water partition coefficient (Wildman–Crippen LogP) is 5.65. The van der Waals surface area contributed by atoms with Crippen LogP contribution in [-0.4, -0.2) is 24.4 Å². The molecular weight excluding hydrogens is 417 g/mol. The number of carbonyl (C=O) groups excluding carboxylic acids is 1. The van der Waals surface area contributed by atoms with E-state index in [1.807, 2.05) is 38.1 Å². The summed E-state index contributed by atoms with van der Waals surface area (Å²) in [7, 11) is 1.62. The Hall–Kier alpha value is -1.56. The Morgan fingerprint density at radius 2 is 2.07 bits per heavy atom. The van der Waals surface area contributed by atoms with Gasteiger partial charge in [0.1, 0.15) is 17.1 Å². The largest absolute Gasteiger partial charge is 0.497 e. The maximum Gasteiger partial charge on any atom is 0.230 e. The lowest BCUT2D eigenvalue weighted by Gasteiger charge is -2.38. The maximum absolute atomic E-state index is 12.5. The number of halogens is 2. The molecule has 4 nitrogen and oxygen atoms in total. The first-order valence-corrected chi connectivity index (χ1v) is 10.9. The van der Waals surface area contributed by atoms with E-state index in [2.05, 4.69) is 5.32 Å². The molecule has 0 fully saturated rings. The van der Waals surface area contributed by atoms with E-state index in [-0.39, 0.29) is 17.6 Å². The molecular formula is C21H23Cl2NO3S. The molecule has 7 heteroatoms. The number of methoxy groups -OCH3 is 1. The molecule has 3 rings (SSSR count). The number of thioether (sulfide) groups is 1. The monoisotopic (exact) mass is 439 g/mol. The molecule has 2 aromatic carbocycles. The molecule has 150 valence electrons. The molecule has 28 heavy (non-hydrogen) atoms. The number of fused-ring (bicyclic) bond motifs is 1. The van der Waals surface area contributed by atoms with Gasteiger partial charge in [0.25, 0.3) is 0 Å². The van der Waals surface area contributed by atoms with Gasteiger partial charge in [0.2, 0.25) is 5.91 Å². The molecule has 1 amide bonds. The SMILES string of the molecule is COc1ccc2c(c1)OC(C)(C)C[C@@H]2NC(=O)CSCc1ccc(Cl)cc1Cl. The lowest BCUT2D eigenvalue weighted by Crippen LogP contribution is -2.41. The van der Waals surface area contributed by atoms with Gasteiger partial charge in [-0.1, -0.05) is 29.3 Å². The first kappa shape index (κ1) is 21.2. The summed E-state index contributed by atoms with van der Waals surface area (Å²) >= 11 is 13.6. The Balaban J connectivity index is 1.62. The average Bonchev–Trinajstić information content (AvgIpc) is 2.62. The number of amides is 1. The van der Waals surface area contributed by atoms with Gasteiger partial charge in [0, 0.05) is 33.8 Å². The zero-order valence-electron chi connectivity index (χ0n) is 16.1. The number of hydrogen-bond donors (Lipinski definition) is 1. The molecule has 1 N–H and O–H groups in total. The van der Waals surface area contributed by atoms with E-state index < -0.39 is 0 Å². The van der Waals surface area contributed by atoms with Gasteiger partial charge in [-0.25, -0.2) is 0 Å². The van der Waals surface area contributed by atoms with Crippen LogP contribution in [0.25, 0.3) is 0 Å². The molecule has 2 aromatic rings. The van der Waals surface area contributed by atoms with Crippen molar-refractivity contribution >= 4 is 40.9 Å². The summed E-state index contributed by atoms with van der Waals surface area (Å²) in [6, 6.07) is 11.0. The summed E-state index contributed by atoms with van der Waals surface area (Å²) in [5.74, 6) is 2.47. The molecule has 0 aliphatic carbocycles. The van der Waals surface area contributed by atoms with E-state index in [0.29, 0.717) is 28.0 Å². The Morgan fingerprint density at radius 3 is 2.79 bits per heavy atom. The van der Waals surface area contributed by atoms with Crippen LogP contribution in [0.4, 0.5) is 0 Å². The summed E-state index contributed by atoms with van der Waals surface area (Å²) in [6.45, 7) is 4.04. The Kier molecular flexibility index (Phi) is 6.69. The minimum atomic E-state index is -0.374. The van der Waals surface area contributed by atoms with E-state index in [4.69, 9.17) is 32.7 Å². The smallest absolute Gasteiger partial charge is 0.230 e. The number of ether oxygens (including phenoxy) is 2. The third-order valence-corrected chi connectivity index (χ3v) is 6.09. The zero-order valence-corrected chi connectivity index (χ0v) is 18.4. The number of nitrogens with one attached hydrogen (secondary N) is 1. The molecule has 0 saturated carbocycles. The van der Waals surface area contributed by atoms with Gasteiger partial charge in [-0.05, 0) is 43.7 Å². The van der Waals surface area contributed by atoms with E-state index in [1.54, 1.807) is 19.2 Å². The van der Waals surface area contributed by atoms with Crippen molar-refractivity contribution in [3.05, 3.63) is 57.6 Å². The fraction of sp³-hybridized carbons (Fsp3) is 0.381. The predicted molar refractivity (Wildman–Crippen MR) is 116 cm³/mol. The van der Waals surface area contributed by atoms with E-state index in [0.717, 1.165) is 22.6 Å². The highest BCUT2D eigenvalue weighted by Crippen LogP contribution is 2.41. The molecule has 0 spiro atoms. The van der Waals surface area contributed by atoms with Crippen LogP contribution in [0.2, 0.25) is 10.0 Å². The summed E-state index contributed by atoms with van der Waals surface area (Å²) in [6.07, 6.45) is 0.700. The van der Waals surface area contributed by atoms with Gasteiger partial charge in [-0.15, -0.1) is 11.8 Å². The van der Waals surface area contributed by atoms with Gasteiger partial charge in [-0.2, -0.15) is 0 Å². The zero-order chi connectivity index (χ0) is 20.3. The van der Waals surface area contributed by atoms with Crippen molar-refractivity contribution in [1.82, 2.24) is 5.32 Å². The molecule has 0 unspecified atom stereocenters. The highest BCUT2D eigenvalue weighted by molar-refractivity contribution is 7.99. The fourth-order valence-corrected chi connectivity index (χ4v) is 4.61. The third kappa shape index (κ3) is 5.28. The van der Waals surface area contributed by atoms with Crippen molar-refractivity contribution < 1.29 is 14.3 Å². The quantitative estimate of drug-likeness (QED) is 0.630. The maximum atomic E-state index is 12.5. The van der Waals surface area contributed by atoms with Crippen molar-refractivity contribution in [1.29, 1.82) is 0 Å². The van der Waals surface area contributed by atoms with Crippen LogP contribution >= 0.6 is 35.0 Å². The lowest BCUT2D eigenvalue weighted by atomic mass is 9.89. The van der Waals surface area contributed by atoms with Crippen LogP contribution in [0.3, 0.4) is 0 Å². The highest BCUT2D eigenvalue weighted by Gasteiger charge is 2.34. The minimum absolute atomic E-state index is 0.0143. The van der Waals surface area contributed by atoms with Crippen LogP contribution in [0, 0.1) is 0 Å². The van der Waals surface area contributed by atoms with Crippen LogP contribution in [0.1, 0.15) is 37.4 Å². The Labute approximate surface area is 179 Å². The second-order valence-corrected chi connectivity index (χ2v) is 9.15. The van der Waals surface area contributed by atoms with Gasteiger partial charge in [0.05, 0.1) is 18.9 Å². The molecule has 1 aliphatic rings. The second-order valence-electron chi connectivity index (χ2n) is 7.32. The summed E-state index contributed by atoms with van der Waals surface area (Å²) in [4.78, 5) is 12.5. The van der Waals surface area contributed by atoms with Crippen molar-refractivity contribution in [2.75, 3.05) is 12.9 Å². The first-order chi connectivity index (χ1) is 13.3. The highest BCUT2D eigenvalue weighted by atomic mass is 35.5. The molecule has 0 aromatic heterocycles. The van der Waals surface area contributed by atoms with Gasteiger partial charge in [0.15, 0.2) is 0 Å². The van der Waals surface area contributed by atoms with Crippen LogP contribution in [-0.2, 0) is 10.5 Å². The first-order valence-electron chi connectivity index (χ1n) is 8.95. The summed E-state index contributed by atoms with van der Waals surface area (Å²) < 4.78 is 11.4. The standard InChI is InChI=1S/C21H23Cl2NO3S/c1-21(2)10-18(16-7-6-15(26-3)9-19(16)27-21)24-20(25)12-28-11-13-4-5-14(22)8-17(13)23/h4-9,18H,10-12H2,1-3H3,(H,24,25)/t18-/m0/s1. The molecule has 1 atom stereocenters. The summed E-state index contributed by atoms with van der Waals surface area (Å²) in [5, 5.41) is 4.37. The molecule has 1 aliphatic heterocycles. The number of carbonyl (C=O) groups is 1. The van der Waals surface area contributed by atoms with Crippen molar-refractivity contribution in [3.63, 3.8) is 0 Å². The topological polar surface area (TPSA) is 47.6 Å². The second kappa shape index (κ2) is 8.85. The van der Waals surface area contributed by atoms with Crippen LogP contribution in [0.15, 0.2) is 36.4 Å².